The molecule has 0 radical (unpaired) electrons. The molecule has 0 bridgehead atoms. The molecule has 2 aromatic carbocycles. The van der Waals surface area contributed by atoms with Crippen LogP contribution in [0, 0.1) is 0 Å². The monoisotopic (exact) mass is 909 g/mol. The number of carbonyl (C=O) groups excluding carboxylic acids is 4. The summed E-state index contributed by atoms with van der Waals surface area (Å²) in [6, 6.07) is 18.8. The van der Waals surface area contributed by atoms with Gasteiger partial charge in [-0.1, -0.05) is 67.0 Å². The molecule has 4 aromatic heterocycles. The Morgan fingerprint density at radius 2 is 1.28 bits per heavy atom. The Labute approximate surface area is 383 Å². The van der Waals surface area contributed by atoms with Gasteiger partial charge in [-0.3, -0.25) is 61.8 Å². The van der Waals surface area contributed by atoms with Crippen LogP contribution in [0.2, 0.25) is 0 Å². The van der Waals surface area contributed by atoms with E-state index in [1.165, 1.54) is 30.5 Å². The van der Waals surface area contributed by atoms with Crippen LogP contribution < -0.4 is 22.5 Å². The minimum absolute atomic E-state index is 0.0579. The number of unbranched alkanes of at least 4 members (excludes halogenated alkanes) is 2. The minimum atomic E-state index is -0.570. The molecule has 0 N–H and O–H groups in total. The van der Waals surface area contributed by atoms with Crippen LogP contribution in [-0.2, 0) is 55.5 Å². The van der Waals surface area contributed by atoms with Gasteiger partial charge in [0, 0.05) is 44.8 Å². The Kier molecular flexibility index (Phi) is 12.6. The first-order valence-corrected chi connectivity index (χ1v) is 23.1. The third kappa shape index (κ3) is 8.40. The zero-order valence-corrected chi connectivity index (χ0v) is 37.5. The summed E-state index contributed by atoms with van der Waals surface area (Å²) in [5.74, 6) is -0.885. The second-order valence-electron chi connectivity index (χ2n) is 17.6. The van der Waals surface area contributed by atoms with Crippen molar-refractivity contribution in [3.05, 3.63) is 142 Å². The second kappa shape index (κ2) is 18.9. The number of benzene rings is 2. The molecule has 0 saturated heterocycles. The maximum Gasteiger partial charge on any atom is 0.331 e. The van der Waals surface area contributed by atoms with E-state index in [1.54, 1.807) is 18.3 Å². The van der Waals surface area contributed by atoms with Gasteiger partial charge in [-0.2, -0.15) is 4.98 Å². The van der Waals surface area contributed by atoms with Gasteiger partial charge in [-0.25, -0.2) is 9.59 Å². The largest absolute Gasteiger partial charge is 0.332 e. The molecule has 2 fully saturated rings. The predicted molar refractivity (Wildman–Crippen MR) is 244 cm³/mol. The van der Waals surface area contributed by atoms with Crippen molar-refractivity contribution in [1.82, 2.24) is 43.2 Å². The van der Waals surface area contributed by atoms with E-state index in [9.17, 15) is 38.4 Å². The third-order valence-electron chi connectivity index (χ3n) is 13.4. The van der Waals surface area contributed by atoms with Crippen LogP contribution in [0.5, 0.6) is 0 Å². The molecule has 4 aliphatic rings. The third-order valence-corrected chi connectivity index (χ3v) is 13.4. The number of rotatable bonds is 13. The van der Waals surface area contributed by atoms with Gasteiger partial charge in [-0.05, 0) is 86.3 Å². The second-order valence-corrected chi connectivity index (χ2v) is 17.6. The van der Waals surface area contributed by atoms with E-state index in [0.717, 1.165) is 65.8 Å². The molecule has 6 heterocycles. The zero-order valence-electron chi connectivity index (χ0n) is 37.5. The van der Waals surface area contributed by atoms with Crippen molar-refractivity contribution < 1.29 is 23.7 Å². The highest BCUT2D eigenvalue weighted by molar-refractivity contribution is 6.10. The Bertz CT molecular complexity index is 3170. The Balaban J connectivity index is 0.000000171. The van der Waals surface area contributed by atoms with Crippen molar-refractivity contribution in [2.45, 2.75) is 122 Å². The molecule has 0 spiro atoms. The summed E-state index contributed by atoms with van der Waals surface area (Å²) in [6.07, 6.45) is 9.51. The van der Waals surface area contributed by atoms with Gasteiger partial charge in [-0.15, -0.1) is 0 Å². The fraction of sp³-hybridized carbons (Fsp3) is 0.408. The topological polar surface area (TPSA) is 215 Å². The number of carbonyl (C=O) groups is 4. The highest BCUT2D eigenvalue weighted by atomic mass is 16.5. The summed E-state index contributed by atoms with van der Waals surface area (Å²) in [7, 11) is 1.39. The SMILES string of the molecule is CCCCn1c2c(c(=O)n(CCCCc3noc(-c4ccccn4)n3)c1=O)CC(=O)N(C1CCC1)C2=O.Cn1c(=O)c2c(n(Cc3cccc4ccccc34)c1=O)C(=O)N(C1CCC1)C(=O)C2. The lowest BCUT2D eigenvalue weighted by Gasteiger charge is -2.39. The number of aromatic nitrogens is 7. The van der Waals surface area contributed by atoms with Gasteiger partial charge in [0.05, 0.1) is 30.5 Å². The van der Waals surface area contributed by atoms with Crippen LogP contribution in [-0.4, -0.2) is 78.9 Å². The van der Waals surface area contributed by atoms with Gasteiger partial charge in [0.25, 0.3) is 28.8 Å². The summed E-state index contributed by atoms with van der Waals surface area (Å²) >= 11 is 0. The molecule has 18 nitrogen and oxygen atoms in total. The van der Waals surface area contributed by atoms with Crippen molar-refractivity contribution in [2.24, 2.45) is 7.05 Å². The summed E-state index contributed by atoms with van der Waals surface area (Å²) in [5.41, 5.74) is -0.289. The van der Waals surface area contributed by atoms with Crippen molar-refractivity contribution in [3.63, 3.8) is 0 Å². The van der Waals surface area contributed by atoms with Gasteiger partial charge in [0.1, 0.15) is 17.1 Å². The van der Waals surface area contributed by atoms with E-state index in [2.05, 4.69) is 15.1 Å². The smallest absolute Gasteiger partial charge is 0.331 e. The zero-order chi connectivity index (χ0) is 46.9. The number of aryl methyl sites for hydroxylation is 1. The van der Waals surface area contributed by atoms with Crippen molar-refractivity contribution >= 4 is 34.4 Å². The molecule has 6 aromatic rings. The lowest BCUT2D eigenvalue weighted by atomic mass is 9.89. The first-order valence-electron chi connectivity index (χ1n) is 23.1. The lowest BCUT2D eigenvalue weighted by molar-refractivity contribution is -0.132. The molecule has 0 atom stereocenters. The number of imide groups is 2. The van der Waals surface area contributed by atoms with E-state index in [1.807, 2.05) is 55.5 Å². The Hall–Kier alpha value is -7.37. The molecule has 10 rings (SSSR count). The highest BCUT2D eigenvalue weighted by Crippen LogP contribution is 2.31. The lowest BCUT2D eigenvalue weighted by Crippen LogP contribution is -2.56. The highest BCUT2D eigenvalue weighted by Gasteiger charge is 2.43. The molecular weight excluding hydrogens is 859 g/mol. The molecular formula is C49H51N9O9. The van der Waals surface area contributed by atoms with E-state index in [0.29, 0.717) is 49.6 Å². The Morgan fingerprint density at radius 1 is 0.657 bits per heavy atom. The molecule has 18 heteroatoms. The fourth-order valence-corrected chi connectivity index (χ4v) is 9.32. The maximum atomic E-state index is 13.4. The minimum Gasteiger partial charge on any atom is -0.332 e. The molecule has 67 heavy (non-hydrogen) atoms. The summed E-state index contributed by atoms with van der Waals surface area (Å²) in [6.45, 7) is 2.65. The molecule has 2 saturated carbocycles. The average molecular weight is 910 g/mol. The van der Waals surface area contributed by atoms with Crippen LogP contribution >= 0.6 is 0 Å². The van der Waals surface area contributed by atoms with Gasteiger partial charge in [0.2, 0.25) is 11.8 Å². The molecule has 2 aliphatic heterocycles. The summed E-state index contributed by atoms with van der Waals surface area (Å²) < 4.78 is 10.2. The van der Waals surface area contributed by atoms with E-state index >= 15 is 0 Å². The average Bonchev–Trinajstić information content (AvgIpc) is 3.78. The number of fused-ring (bicyclic) bond motifs is 3. The standard InChI is InChI=1S/C26H30N6O5.C23H21N3O4/c1-2-3-14-30-22-18(16-21(33)32(25(22)35)17-9-8-10-17)24(34)31(26(30)36)15-7-5-12-20-28-23(37-29-20)19-11-4-6-13-27-19;1-24-21(28)18-12-19(27)26(16-9-5-10-16)22(29)20(18)25(23(24)30)13-15-8-4-7-14-6-2-3-11-17(14)15/h4,6,11,13,17H,2-3,5,7-10,12,14-16H2,1H3;2-4,6-8,11,16H,5,9-10,12-13H2,1H3. The number of hydrogen-bond donors (Lipinski definition) is 0. The van der Waals surface area contributed by atoms with Gasteiger partial charge < -0.3 is 4.52 Å². The van der Waals surface area contributed by atoms with Crippen LogP contribution in [0.25, 0.3) is 22.4 Å². The molecule has 2 aliphatic carbocycles. The van der Waals surface area contributed by atoms with E-state index in [-0.39, 0.29) is 72.3 Å². The van der Waals surface area contributed by atoms with Crippen LogP contribution in [0.4, 0.5) is 0 Å². The van der Waals surface area contributed by atoms with Crippen molar-refractivity contribution in [3.8, 4) is 11.6 Å². The first kappa shape index (κ1) is 44.8. The summed E-state index contributed by atoms with van der Waals surface area (Å²) in [4.78, 5) is 116. The number of nitrogens with zero attached hydrogens (tertiary/aromatic N) is 9. The quantitative estimate of drug-likeness (QED) is 0.118. The predicted octanol–water partition coefficient (Wildman–Crippen LogP) is 4.18. The van der Waals surface area contributed by atoms with Crippen molar-refractivity contribution in [1.29, 1.82) is 0 Å². The molecule has 4 amide bonds. The van der Waals surface area contributed by atoms with Crippen LogP contribution in [0.3, 0.4) is 0 Å². The van der Waals surface area contributed by atoms with Crippen molar-refractivity contribution in [2.75, 3.05) is 0 Å². The normalized spacial score (nSPS) is 16.1. The number of pyridine rings is 1. The van der Waals surface area contributed by atoms with Gasteiger partial charge in [0.15, 0.2) is 5.82 Å². The number of amides is 4. The Morgan fingerprint density at radius 3 is 1.93 bits per heavy atom. The van der Waals surface area contributed by atoms with Crippen LogP contribution in [0.1, 0.15) is 115 Å². The van der Waals surface area contributed by atoms with Crippen LogP contribution in [0.15, 0.2) is 90.6 Å². The fourth-order valence-electron chi connectivity index (χ4n) is 9.32. The number of hydrogen-bond acceptors (Lipinski definition) is 12. The van der Waals surface area contributed by atoms with E-state index < -0.39 is 34.3 Å². The maximum absolute atomic E-state index is 13.4. The van der Waals surface area contributed by atoms with E-state index in [4.69, 9.17) is 4.52 Å². The molecule has 346 valence electrons. The van der Waals surface area contributed by atoms with Gasteiger partial charge >= 0.3 is 11.4 Å². The molecule has 0 unspecified atom stereocenters. The first-order chi connectivity index (χ1) is 32.5. The summed E-state index contributed by atoms with van der Waals surface area (Å²) in [5, 5.41) is 5.99.